The predicted molar refractivity (Wildman–Crippen MR) is 130 cm³/mol. The second-order valence-electron chi connectivity index (χ2n) is 9.81. The smallest absolute Gasteiger partial charge is 0.248 e. The minimum absolute atomic E-state index is 0.115. The van der Waals surface area contributed by atoms with E-state index in [1.165, 1.54) is 11.9 Å². The molecule has 0 aliphatic carbocycles. The Morgan fingerprint density at radius 2 is 1.74 bits per heavy atom. The van der Waals surface area contributed by atoms with Crippen molar-refractivity contribution in [1.29, 1.82) is 0 Å². The number of hydrogen-bond acceptors (Lipinski definition) is 5. The highest BCUT2D eigenvalue weighted by atomic mass is 16.3. The second-order valence-corrected chi connectivity index (χ2v) is 9.81. The first kappa shape index (κ1) is 23.6. The van der Waals surface area contributed by atoms with Crippen LogP contribution >= 0.6 is 0 Å². The monoisotopic (exact) mass is 461 g/mol. The lowest BCUT2D eigenvalue weighted by atomic mass is 9.85. The van der Waals surface area contributed by atoms with Crippen molar-refractivity contribution in [3.8, 4) is 22.4 Å². The number of carbonyl (C=O) groups is 2. The molecule has 1 fully saturated rings. The van der Waals surface area contributed by atoms with Crippen LogP contribution in [0.1, 0.15) is 33.2 Å². The Hall–Kier alpha value is -3.52. The molecule has 0 radical (unpaired) electrons. The quantitative estimate of drug-likeness (QED) is 0.609. The van der Waals surface area contributed by atoms with Gasteiger partial charge >= 0.3 is 0 Å². The van der Waals surface area contributed by atoms with Crippen LogP contribution in [-0.4, -0.2) is 62.6 Å². The zero-order chi connectivity index (χ0) is 24.5. The second kappa shape index (κ2) is 9.38. The summed E-state index contributed by atoms with van der Waals surface area (Å²) in [6, 6.07) is 16.7. The highest BCUT2D eigenvalue weighted by Gasteiger charge is 2.45. The van der Waals surface area contributed by atoms with Crippen LogP contribution in [0.25, 0.3) is 22.4 Å². The Labute approximate surface area is 199 Å². The van der Waals surface area contributed by atoms with E-state index in [1.807, 2.05) is 57.2 Å². The molecule has 1 aliphatic rings. The molecule has 1 aliphatic heterocycles. The van der Waals surface area contributed by atoms with E-state index >= 15 is 0 Å². The summed E-state index contributed by atoms with van der Waals surface area (Å²) < 4.78 is 1.58. The van der Waals surface area contributed by atoms with E-state index in [4.69, 9.17) is 0 Å². The van der Waals surface area contributed by atoms with Gasteiger partial charge in [0.05, 0.1) is 12.3 Å². The molecule has 34 heavy (non-hydrogen) atoms. The molecule has 3 aromatic rings. The van der Waals surface area contributed by atoms with Crippen molar-refractivity contribution in [2.24, 2.45) is 5.41 Å². The van der Waals surface area contributed by atoms with Gasteiger partial charge in [-0.25, -0.2) is 4.68 Å². The SMILES string of the molecule is CNC(=O)C1CC(O)CN1C(=O)[C@@H](n1cc(-c2cccc(-c3ccccc3)c2)nn1)C(C)(C)C. The molecule has 0 bridgehead atoms. The minimum atomic E-state index is -0.737. The topological polar surface area (TPSA) is 100 Å². The average molecular weight is 462 g/mol. The van der Waals surface area contributed by atoms with E-state index in [1.54, 1.807) is 10.9 Å². The van der Waals surface area contributed by atoms with Crippen LogP contribution in [-0.2, 0) is 9.59 Å². The summed E-state index contributed by atoms with van der Waals surface area (Å²) in [5.74, 6) is -0.540. The molecule has 178 valence electrons. The Morgan fingerprint density at radius 1 is 1.06 bits per heavy atom. The minimum Gasteiger partial charge on any atom is -0.391 e. The number of hydrogen-bond donors (Lipinski definition) is 2. The lowest BCUT2D eigenvalue weighted by Crippen LogP contribution is -2.49. The number of nitrogens with zero attached hydrogens (tertiary/aromatic N) is 4. The first-order valence-corrected chi connectivity index (χ1v) is 11.5. The van der Waals surface area contributed by atoms with Gasteiger partial charge in [-0.15, -0.1) is 5.10 Å². The highest BCUT2D eigenvalue weighted by Crippen LogP contribution is 2.35. The number of benzene rings is 2. The van der Waals surface area contributed by atoms with Gasteiger partial charge in [-0.3, -0.25) is 9.59 Å². The number of β-amino-alcohol motifs (C(OH)–C–C–N with tert-alkyl or cyclic N) is 1. The van der Waals surface area contributed by atoms with E-state index in [0.717, 1.165) is 16.7 Å². The number of likely N-dealkylation sites (N-methyl/N-ethyl adjacent to an activating group) is 1. The number of carbonyl (C=O) groups excluding carboxylic acids is 2. The number of amides is 2. The van der Waals surface area contributed by atoms with Gasteiger partial charge in [0, 0.05) is 25.6 Å². The molecule has 0 spiro atoms. The number of likely N-dealkylation sites (tertiary alicyclic amines) is 1. The van der Waals surface area contributed by atoms with Gasteiger partial charge < -0.3 is 15.3 Å². The summed E-state index contributed by atoms with van der Waals surface area (Å²) in [4.78, 5) is 27.5. The fourth-order valence-electron chi connectivity index (χ4n) is 4.53. The third kappa shape index (κ3) is 4.72. The Morgan fingerprint density at radius 3 is 2.41 bits per heavy atom. The molecule has 2 amide bonds. The van der Waals surface area contributed by atoms with E-state index in [-0.39, 0.29) is 24.8 Å². The highest BCUT2D eigenvalue weighted by molar-refractivity contribution is 5.90. The van der Waals surface area contributed by atoms with Crippen molar-refractivity contribution >= 4 is 11.8 Å². The Bertz CT molecular complexity index is 1170. The van der Waals surface area contributed by atoms with Gasteiger partial charge in [0.2, 0.25) is 11.8 Å². The molecule has 1 saturated heterocycles. The summed E-state index contributed by atoms with van der Waals surface area (Å²) in [7, 11) is 1.53. The van der Waals surface area contributed by atoms with Crippen molar-refractivity contribution < 1.29 is 14.7 Å². The average Bonchev–Trinajstić information content (AvgIpc) is 3.45. The van der Waals surface area contributed by atoms with Crippen molar-refractivity contribution in [2.75, 3.05) is 13.6 Å². The van der Waals surface area contributed by atoms with E-state index in [2.05, 4.69) is 33.8 Å². The molecule has 2 N–H and O–H groups in total. The molecule has 1 aromatic heterocycles. The molecule has 0 saturated carbocycles. The molecule has 8 heteroatoms. The van der Waals surface area contributed by atoms with E-state index in [0.29, 0.717) is 5.69 Å². The third-order valence-electron chi connectivity index (χ3n) is 6.21. The lowest BCUT2D eigenvalue weighted by Gasteiger charge is -2.34. The van der Waals surface area contributed by atoms with Crippen LogP contribution in [0.3, 0.4) is 0 Å². The molecular weight excluding hydrogens is 430 g/mol. The number of aliphatic hydroxyl groups is 1. The van der Waals surface area contributed by atoms with Crippen molar-refractivity contribution in [1.82, 2.24) is 25.2 Å². The first-order valence-electron chi connectivity index (χ1n) is 11.5. The maximum atomic E-state index is 13.7. The summed E-state index contributed by atoms with van der Waals surface area (Å²) >= 11 is 0. The number of aromatic nitrogens is 3. The van der Waals surface area contributed by atoms with Crippen LogP contribution in [0, 0.1) is 5.41 Å². The van der Waals surface area contributed by atoms with Gasteiger partial charge in [0.1, 0.15) is 17.8 Å². The van der Waals surface area contributed by atoms with Crippen molar-refractivity contribution in [3.05, 3.63) is 60.8 Å². The molecule has 8 nitrogen and oxygen atoms in total. The fraction of sp³-hybridized carbons (Fsp3) is 0.385. The molecule has 2 heterocycles. The normalized spacial score (nSPS) is 19.1. The lowest BCUT2D eigenvalue weighted by molar-refractivity contribution is -0.144. The van der Waals surface area contributed by atoms with Gasteiger partial charge in [-0.1, -0.05) is 74.5 Å². The van der Waals surface area contributed by atoms with Crippen LogP contribution < -0.4 is 5.32 Å². The molecular formula is C26H31N5O3. The number of aliphatic hydroxyl groups excluding tert-OH is 1. The van der Waals surface area contributed by atoms with Gasteiger partial charge in [-0.05, 0) is 22.6 Å². The van der Waals surface area contributed by atoms with Crippen LogP contribution in [0.5, 0.6) is 0 Å². The molecule has 4 rings (SSSR count). The summed E-state index contributed by atoms with van der Waals surface area (Å²) in [5, 5.41) is 21.5. The maximum absolute atomic E-state index is 13.7. The van der Waals surface area contributed by atoms with Gasteiger partial charge in [0.15, 0.2) is 0 Å². The zero-order valence-corrected chi connectivity index (χ0v) is 20.0. The molecule has 2 unspecified atom stereocenters. The van der Waals surface area contributed by atoms with Crippen LogP contribution in [0.2, 0.25) is 0 Å². The van der Waals surface area contributed by atoms with Crippen LogP contribution in [0.15, 0.2) is 60.8 Å². The van der Waals surface area contributed by atoms with E-state index in [9.17, 15) is 14.7 Å². The van der Waals surface area contributed by atoms with E-state index < -0.39 is 23.6 Å². The van der Waals surface area contributed by atoms with Gasteiger partial charge in [0.25, 0.3) is 0 Å². The molecule has 3 atom stereocenters. The van der Waals surface area contributed by atoms with Crippen molar-refractivity contribution in [3.63, 3.8) is 0 Å². The largest absolute Gasteiger partial charge is 0.391 e. The molecule has 2 aromatic carbocycles. The van der Waals surface area contributed by atoms with Gasteiger partial charge in [-0.2, -0.15) is 0 Å². The Balaban J connectivity index is 1.66. The summed E-state index contributed by atoms with van der Waals surface area (Å²) in [5.41, 5.74) is 3.22. The number of rotatable bonds is 5. The Kier molecular flexibility index (Phi) is 6.52. The third-order valence-corrected chi connectivity index (χ3v) is 6.21. The van der Waals surface area contributed by atoms with Crippen molar-refractivity contribution in [2.45, 2.75) is 45.4 Å². The summed E-state index contributed by atoms with van der Waals surface area (Å²) in [6.45, 7) is 5.97. The zero-order valence-electron chi connectivity index (χ0n) is 20.0. The van der Waals surface area contributed by atoms with Crippen LogP contribution in [0.4, 0.5) is 0 Å². The standard InChI is InChI=1S/C26H31N5O3/c1-26(2,3)23(25(34)30-15-20(32)14-22(30)24(33)27-4)31-16-21(28-29-31)19-12-8-11-18(13-19)17-9-6-5-7-10-17/h5-13,16,20,22-23,32H,14-15H2,1-4H3,(H,27,33)/t20?,22?,23-/m1/s1. The fourth-order valence-corrected chi connectivity index (χ4v) is 4.53. The predicted octanol–water partition coefficient (Wildman–Crippen LogP) is 2.91. The maximum Gasteiger partial charge on any atom is 0.248 e. The number of nitrogens with one attached hydrogen (secondary N) is 1. The summed E-state index contributed by atoms with van der Waals surface area (Å²) in [6.07, 6.45) is 1.26. The first-order chi connectivity index (χ1) is 16.2.